The van der Waals surface area contributed by atoms with Crippen LogP contribution in [0, 0.1) is 10.1 Å². The Morgan fingerprint density at radius 3 is 2.12 bits per heavy atom. The summed E-state index contributed by atoms with van der Waals surface area (Å²) in [7, 11) is 0. The number of carbonyl (C=O) groups is 2. The second-order valence-corrected chi connectivity index (χ2v) is 8.38. The van der Waals surface area contributed by atoms with E-state index >= 15 is 0 Å². The van der Waals surface area contributed by atoms with Gasteiger partial charge in [0.25, 0.3) is 5.69 Å². The molecule has 0 aliphatic carbocycles. The van der Waals surface area contributed by atoms with Gasteiger partial charge in [-0.15, -0.1) is 0 Å². The predicted molar refractivity (Wildman–Crippen MR) is 128 cm³/mol. The zero-order valence-corrected chi connectivity index (χ0v) is 20.1. The second kappa shape index (κ2) is 17.1. The Hall–Kier alpha value is -2.48. The molecule has 0 bridgehead atoms. The lowest BCUT2D eigenvalue weighted by molar-refractivity contribution is -0.385. The van der Waals surface area contributed by atoms with Gasteiger partial charge in [-0.2, -0.15) is 0 Å². The topological polar surface area (TPSA) is 119 Å². The first-order valence-corrected chi connectivity index (χ1v) is 12.3. The summed E-state index contributed by atoms with van der Waals surface area (Å²) >= 11 is 0. The molecule has 2 N–H and O–H groups in total. The summed E-state index contributed by atoms with van der Waals surface area (Å²) in [6.45, 7) is 3.93. The lowest BCUT2D eigenvalue weighted by Gasteiger charge is -2.22. The van der Waals surface area contributed by atoms with Crippen LogP contribution in [0.3, 0.4) is 0 Å². The molecular formula is C25H40N2O6. The third-order valence-corrected chi connectivity index (χ3v) is 5.60. The van der Waals surface area contributed by atoms with E-state index in [-0.39, 0.29) is 30.2 Å². The zero-order valence-electron chi connectivity index (χ0n) is 20.1. The number of nitro benzene ring substituents is 1. The van der Waals surface area contributed by atoms with Crippen LogP contribution in [-0.2, 0) is 14.3 Å². The molecule has 0 spiro atoms. The van der Waals surface area contributed by atoms with E-state index in [1.165, 1.54) is 69.2 Å². The van der Waals surface area contributed by atoms with Crippen molar-refractivity contribution in [2.24, 2.45) is 0 Å². The van der Waals surface area contributed by atoms with Crippen LogP contribution in [-0.4, -0.2) is 34.6 Å². The highest BCUT2D eigenvalue weighted by Gasteiger charge is 2.31. The molecule has 0 saturated carbocycles. The standard InChI is InChI=1S/C25H40N2O6/c1-3-5-6-7-8-9-10-11-12-13-14-18-22(28)26-23(25(30)33-4-2)24(29)20-16-15-17-21(19-20)27(31)32/h15-17,19,23-24,29H,3-14,18H2,1-2H3,(H,26,28)/t23-,24+/m1/s1. The number of hydrogen-bond donors (Lipinski definition) is 2. The summed E-state index contributed by atoms with van der Waals surface area (Å²) in [6.07, 6.45) is 11.7. The largest absolute Gasteiger partial charge is 0.464 e. The Labute approximate surface area is 197 Å². The summed E-state index contributed by atoms with van der Waals surface area (Å²) < 4.78 is 4.99. The normalized spacial score (nSPS) is 12.7. The van der Waals surface area contributed by atoms with Crippen LogP contribution in [0.25, 0.3) is 0 Å². The highest BCUT2D eigenvalue weighted by Crippen LogP contribution is 2.23. The first-order valence-electron chi connectivity index (χ1n) is 12.3. The smallest absolute Gasteiger partial charge is 0.331 e. The van der Waals surface area contributed by atoms with Gasteiger partial charge in [-0.1, -0.05) is 83.3 Å². The van der Waals surface area contributed by atoms with E-state index in [2.05, 4.69) is 12.2 Å². The molecule has 0 heterocycles. The molecule has 1 rings (SSSR count). The van der Waals surface area contributed by atoms with E-state index in [9.17, 15) is 24.8 Å². The predicted octanol–water partition coefficient (Wildman–Crippen LogP) is 5.38. The Morgan fingerprint density at radius 1 is 1.00 bits per heavy atom. The lowest BCUT2D eigenvalue weighted by Crippen LogP contribution is -2.46. The van der Waals surface area contributed by atoms with Crippen molar-refractivity contribution in [3.05, 3.63) is 39.9 Å². The van der Waals surface area contributed by atoms with Crippen molar-refractivity contribution in [3.8, 4) is 0 Å². The summed E-state index contributed by atoms with van der Waals surface area (Å²) in [5, 5.41) is 24.2. The molecule has 8 nitrogen and oxygen atoms in total. The Kier molecular flexibility index (Phi) is 14.8. The molecule has 0 unspecified atom stereocenters. The first kappa shape index (κ1) is 28.6. The van der Waals surface area contributed by atoms with Gasteiger partial charge in [-0.05, 0) is 18.9 Å². The molecule has 0 fully saturated rings. The van der Waals surface area contributed by atoms with E-state index in [1.54, 1.807) is 6.92 Å². The van der Waals surface area contributed by atoms with Crippen molar-refractivity contribution >= 4 is 17.6 Å². The number of benzene rings is 1. The molecule has 8 heteroatoms. The molecule has 0 saturated heterocycles. The van der Waals surface area contributed by atoms with Crippen LogP contribution in [0.15, 0.2) is 24.3 Å². The molecule has 1 amide bonds. The number of non-ortho nitro benzene ring substituents is 1. The molecule has 1 aromatic carbocycles. The van der Waals surface area contributed by atoms with Gasteiger partial charge in [0.2, 0.25) is 5.91 Å². The fraction of sp³-hybridized carbons (Fsp3) is 0.680. The number of hydrogen-bond acceptors (Lipinski definition) is 6. The SMILES string of the molecule is CCCCCCCCCCCCCC(=O)N[C@@H](C(=O)OCC)[C@@H](O)c1cccc([N+](=O)[O-])c1. The molecule has 0 aromatic heterocycles. The molecule has 0 radical (unpaired) electrons. The van der Waals surface area contributed by atoms with Gasteiger partial charge >= 0.3 is 5.97 Å². The molecule has 33 heavy (non-hydrogen) atoms. The molecule has 2 atom stereocenters. The van der Waals surface area contributed by atoms with Gasteiger partial charge in [0.1, 0.15) is 6.10 Å². The zero-order chi connectivity index (χ0) is 24.5. The third kappa shape index (κ3) is 11.8. The van der Waals surface area contributed by atoms with E-state index in [1.807, 2.05) is 0 Å². The van der Waals surface area contributed by atoms with Crippen LogP contribution in [0.4, 0.5) is 5.69 Å². The van der Waals surface area contributed by atoms with Gasteiger partial charge in [-0.25, -0.2) is 4.79 Å². The van der Waals surface area contributed by atoms with Crippen LogP contribution in [0.5, 0.6) is 0 Å². The van der Waals surface area contributed by atoms with E-state index < -0.39 is 23.0 Å². The van der Waals surface area contributed by atoms with Gasteiger partial charge in [-0.3, -0.25) is 14.9 Å². The summed E-state index contributed by atoms with van der Waals surface area (Å²) in [5.74, 6) is -1.13. The van der Waals surface area contributed by atoms with Crippen molar-refractivity contribution in [2.45, 2.75) is 103 Å². The number of amides is 1. The monoisotopic (exact) mass is 464 g/mol. The van der Waals surface area contributed by atoms with Crippen LogP contribution < -0.4 is 5.32 Å². The molecule has 0 aliphatic rings. The summed E-state index contributed by atoms with van der Waals surface area (Å²) in [6, 6.07) is 4.05. The average molecular weight is 465 g/mol. The maximum atomic E-state index is 12.4. The number of nitrogens with one attached hydrogen (secondary N) is 1. The first-order chi connectivity index (χ1) is 15.9. The Morgan fingerprint density at radius 2 is 1.58 bits per heavy atom. The fourth-order valence-electron chi connectivity index (χ4n) is 3.71. The summed E-state index contributed by atoms with van der Waals surface area (Å²) in [5.41, 5.74) is -0.0429. The molecule has 1 aromatic rings. The number of nitrogens with zero attached hydrogens (tertiary/aromatic N) is 1. The molecular weight excluding hydrogens is 424 g/mol. The molecule has 0 aliphatic heterocycles. The fourth-order valence-corrected chi connectivity index (χ4v) is 3.71. The third-order valence-electron chi connectivity index (χ3n) is 5.60. The number of esters is 1. The summed E-state index contributed by atoms with van der Waals surface area (Å²) in [4.78, 5) is 35.2. The minimum absolute atomic E-state index is 0.0888. The Bertz CT molecular complexity index is 725. The van der Waals surface area contributed by atoms with Crippen LogP contribution in [0.1, 0.15) is 103 Å². The van der Waals surface area contributed by atoms with E-state index in [0.29, 0.717) is 6.42 Å². The van der Waals surface area contributed by atoms with Gasteiger partial charge in [0.15, 0.2) is 6.04 Å². The minimum atomic E-state index is -1.45. The van der Waals surface area contributed by atoms with Crippen molar-refractivity contribution in [2.75, 3.05) is 6.61 Å². The lowest BCUT2D eigenvalue weighted by atomic mass is 10.0. The van der Waals surface area contributed by atoms with Crippen molar-refractivity contribution in [1.29, 1.82) is 0 Å². The second-order valence-electron chi connectivity index (χ2n) is 8.38. The van der Waals surface area contributed by atoms with Crippen molar-refractivity contribution < 1.29 is 24.4 Å². The van der Waals surface area contributed by atoms with Gasteiger partial charge in [0.05, 0.1) is 11.5 Å². The highest BCUT2D eigenvalue weighted by atomic mass is 16.6. The van der Waals surface area contributed by atoms with Gasteiger partial charge < -0.3 is 15.2 Å². The average Bonchev–Trinajstić information content (AvgIpc) is 2.80. The number of unbranched alkanes of at least 4 members (excludes halogenated alkanes) is 10. The number of ether oxygens (including phenoxy) is 1. The number of rotatable bonds is 18. The van der Waals surface area contributed by atoms with Crippen molar-refractivity contribution in [1.82, 2.24) is 5.32 Å². The van der Waals surface area contributed by atoms with E-state index in [4.69, 9.17) is 4.74 Å². The maximum Gasteiger partial charge on any atom is 0.331 e. The number of aliphatic hydroxyl groups excluding tert-OH is 1. The number of carbonyl (C=O) groups excluding carboxylic acids is 2. The quantitative estimate of drug-likeness (QED) is 0.130. The highest BCUT2D eigenvalue weighted by molar-refractivity contribution is 5.85. The van der Waals surface area contributed by atoms with Crippen LogP contribution >= 0.6 is 0 Å². The number of aliphatic hydroxyl groups is 1. The van der Waals surface area contributed by atoms with Crippen molar-refractivity contribution in [3.63, 3.8) is 0 Å². The van der Waals surface area contributed by atoms with E-state index in [0.717, 1.165) is 19.3 Å². The molecule has 186 valence electrons. The van der Waals surface area contributed by atoms with Gasteiger partial charge in [0, 0.05) is 18.6 Å². The Balaban J connectivity index is 2.44. The maximum absolute atomic E-state index is 12.4. The number of nitro groups is 1. The van der Waals surface area contributed by atoms with Crippen LogP contribution in [0.2, 0.25) is 0 Å². The minimum Gasteiger partial charge on any atom is -0.464 e.